The molecule has 7 nitrogen and oxygen atoms in total. The van der Waals surface area contributed by atoms with Crippen LogP contribution in [0.25, 0.3) is 0 Å². The van der Waals surface area contributed by atoms with E-state index in [-0.39, 0.29) is 12.5 Å². The second-order valence-electron chi connectivity index (χ2n) is 7.00. The van der Waals surface area contributed by atoms with Crippen LogP contribution in [-0.4, -0.2) is 26.0 Å². The Morgan fingerprint density at radius 1 is 1.14 bits per heavy atom. The molecule has 0 aliphatic carbocycles. The summed E-state index contributed by atoms with van der Waals surface area (Å²) in [5.74, 6) is 7.22. The summed E-state index contributed by atoms with van der Waals surface area (Å²) >= 11 is 1.25. The number of nitrogens with one attached hydrogen (secondary N) is 1. The van der Waals surface area contributed by atoms with Crippen LogP contribution in [0, 0.1) is 20.8 Å². The van der Waals surface area contributed by atoms with Gasteiger partial charge in [-0.05, 0) is 68.7 Å². The number of nitrogens with two attached hydrogens (primary N) is 1. The normalized spacial score (nSPS) is 11.9. The number of hydrogen-bond donors (Lipinski definition) is 2. The molecule has 1 heterocycles. The molecule has 0 radical (unpaired) electrons. The van der Waals surface area contributed by atoms with E-state index in [0.717, 1.165) is 28.1 Å². The average Bonchev–Trinajstić information content (AvgIpc) is 2.99. The number of carbonyl (C=O) groups excluding carboxylic acids is 1. The Bertz CT molecular complexity index is 998. The third-order valence-electron chi connectivity index (χ3n) is 4.24. The number of rotatable bonds is 7. The molecule has 2 aromatic carbocycles. The van der Waals surface area contributed by atoms with Crippen molar-refractivity contribution in [3.05, 3.63) is 65.0 Å². The van der Waals surface area contributed by atoms with Crippen molar-refractivity contribution in [2.24, 2.45) is 0 Å². The Morgan fingerprint density at radius 2 is 1.86 bits per heavy atom. The Hall–Kier alpha value is -3.00. The van der Waals surface area contributed by atoms with E-state index in [0.29, 0.717) is 11.0 Å². The topological polar surface area (TPSA) is 95.1 Å². The summed E-state index contributed by atoms with van der Waals surface area (Å²) in [5.41, 5.74) is 4.09. The summed E-state index contributed by atoms with van der Waals surface area (Å²) in [7, 11) is 0. The number of nitrogen functional groups attached to an aromatic ring is 1. The lowest BCUT2D eigenvalue weighted by molar-refractivity contribution is -0.115. The number of hydrogen-bond acceptors (Lipinski definition) is 6. The van der Waals surface area contributed by atoms with Crippen LogP contribution in [0.3, 0.4) is 0 Å². The monoisotopic (exact) mass is 411 g/mol. The summed E-state index contributed by atoms with van der Waals surface area (Å²) in [6, 6.07) is 13.7. The third kappa shape index (κ3) is 5.51. The van der Waals surface area contributed by atoms with Crippen LogP contribution in [0.1, 0.15) is 29.4 Å². The fraction of sp³-hybridized carbons (Fsp3) is 0.286. The van der Waals surface area contributed by atoms with E-state index in [1.165, 1.54) is 16.4 Å². The highest BCUT2D eigenvalue weighted by molar-refractivity contribution is 8.00. The molecule has 0 aliphatic heterocycles. The molecular formula is C21H25N5O2S. The zero-order valence-electron chi connectivity index (χ0n) is 17.0. The molecule has 0 bridgehead atoms. The maximum Gasteiger partial charge on any atom is 0.237 e. The van der Waals surface area contributed by atoms with Crippen molar-refractivity contribution < 1.29 is 9.53 Å². The maximum atomic E-state index is 12.5. The van der Waals surface area contributed by atoms with Gasteiger partial charge in [-0.15, -0.1) is 10.2 Å². The zero-order chi connectivity index (χ0) is 21.0. The zero-order valence-corrected chi connectivity index (χ0v) is 17.8. The quantitative estimate of drug-likeness (QED) is 0.455. The lowest BCUT2D eigenvalue weighted by Gasteiger charge is -2.12. The van der Waals surface area contributed by atoms with E-state index < -0.39 is 5.25 Å². The summed E-state index contributed by atoms with van der Waals surface area (Å²) in [4.78, 5) is 12.5. The molecule has 1 aromatic heterocycles. The van der Waals surface area contributed by atoms with Crippen molar-refractivity contribution in [3.63, 3.8) is 0 Å². The van der Waals surface area contributed by atoms with Crippen LogP contribution in [0.5, 0.6) is 5.75 Å². The molecule has 0 saturated heterocycles. The fourth-order valence-corrected chi connectivity index (χ4v) is 3.62. The Labute approximate surface area is 174 Å². The van der Waals surface area contributed by atoms with Gasteiger partial charge in [-0.2, -0.15) is 0 Å². The molecule has 29 heavy (non-hydrogen) atoms. The number of benzene rings is 2. The van der Waals surface area contributed by atoms with Crippen LogP contribution < -0.4 is 15.9 Å². The minimum atomic E-state index is -0.393. The van der Waals surface area contributed by atoms with E-state index in [2.05, 4.69) is 21.6 Å². The minimum Gasteiger partial charge on any atom is -0.486 e. The van der Waals surface area contributed by atoms with Gasteiger partial charge >= 0.3 is 0 Å². The third-order valence-corrected chi connectivity index (χ3v) is 5.29. The van der Waals surface area contributed by atoms with E-state index in [1.54, 1.807) is 6.92 Å². The highest BCUT2D eigenvalue weighted by Gasteiger charge is 2.20. The molecule has 8 heteroatoms. The molecule has 3 aromatic rings. The van der Waals surface area contributed by atoms with Gasteiger partial charge in [-0.1, -0.05) is 30.0 Å². The number of amides is 1. The molecule has 1 amide bonds. The predicted molar refractivity (Wildman–Crippen MR) is 116 cm³/mol. The van der Waals surface area contributed by atoms with Crippen LogP contribution in [0.15, 0.2) is 47.6 Å². The molecular weight excluding hydrogens is 386 g/mol. The number of anilines is 1. The molecule has 0 fully saturated rings. The standard InChI is InChI=1S/C21H25N5O2S/c1-13-6-5-7-17(9-13)23-20(27)16(4)29-21-25-24-19(26(21)22)12-28-18-10-14(2)8-15(3)11-18/h5-11,16H,12,22H2,1-4H3,(H,23,27). The van der Waals surface area contributed by atoms with Gasteiger partial charge in [-0.25, -0.2) is 4.68 Å². The van der Waals surface area contributed by atoms with Crippen LogP contribution in [0.2, 0.25) is 0 Å². The van der Waals surface area contributed by atoms with Crippen molar-refractivity contribution in [2.75, 3.05) is 11.2 Å². The van der Waals surface area contributed by atoms with Crippen molar-refractivity contribution in [1.29, 1.82) is 0 Å². The van der Waals surface area contributed by atoms with Gasteiger partial charge in [0.05, 0.1) is 5.25 Å². The van der Waals surface area contributed by atoms with E-state index in [1.807, 2.05) is 57.2 Å². The summed E-state index contributed by atoms with van der Waals surface area (Å²) in [6.45, 7) is 8.01. The molecule has 0 aliphatic rings. The molecule has 152 valence electrons. The molecule has 3 N–H and O–H groups in total. The smallest absolute Gasteiger partial charge is 0.237 e. The number of carbonyl (C=O) groups is 1. The highest BCUT2D eigenvalue weighted by atomic mass is 32.2. The average molecular weight is 412 g/mol. The maximum absolute atomic E-state index is 12.5. The van der Waals surface area contributed by atoms with Gasteiger partial charge in [0.25, 0.3) is 0 Å². The van der Waals surface area contributed by atoms with Crippen molar-refractivity contribution in [1.82, 2.24) is 14.9 Å². The SMILES string of the molecule is Cc1cccc(NC(=O)C(C)Sc2nnc(COc3cc(C)cc(C)c3)n2N)c1. The second kappa shape index (κ2) is 9.00. The predicted octanol–water partition coefficient (Wildman–Crippen LogP) is 3.62. The van der Waals surface area contributed by atoms with E-state index >= 15 is 0 Å². The molecule has 3 rings (SSSR count). The van der Waals surface area contributed by atoms with E-state index in [9.17, 15) is 4.79 Å². The van der Waals surface area contributed by atoms with Crippen molar-refractivity contribution in [2.45, 2.75) is 44.7 Å². The Morgan fingerprint density at radius 3 is 2.55 bits per heavy atom. The van der Waals surface area contributed by atoms with Gasteiger partial charge in [0.15, 0.2) is 5.82 Å². The number of nitrogens with zero attached hydrogens (tertiary/aromatic N) is 3. The van der Waals surface area contributed by atoms with Gasteiger partial charge in [0.2, 0.25) is 11.1 Å². The Balaban J connectivity index is 1.60. The number of aryl methyl sites for hydroxylation is 3. The summed E-state index contributed by atoms with van der Waals surface area (Å²) in [5, 5.41) is 11.2. The molecule has 1 atom stereocenters. The first-order valence-electron chi connectivity index (χ1n) is 9.26. The van der Waals surface area contributed by atoms with Crippen molar-refractivity contribution >= 4 is 23.4 Å². The number of ether oxygens (including phenoxy) is 1. The Kier molecular flexibility index (Phi) is 6.43. The fourth-order valence-electron chi connectivity index (χ4n) is 2.83. The minimum absolute atomic E-state index is 0.128. The molecule has 1 unspecified atom stereocenters. The highest BCUT2D eigenvalue weighted by Crippen LogP contribution is 2.23. The molecule has 0 spiro atoms. The molecule has 0 saturated carbocycles. The number of aromatic nitrogens is 3. The first-order chi connectivity index (χ1) is 13.8. The van der Waals surface area contributed by atoms with E-state index in [4.69, 9.17) is 10.6 Å². The van der Waals surface area contributed by atoms with Crippen molar-refractivity contribution in [3.8, 4) is 5.75 Å². The lowest BCUT2D eigenvalue weighted by Crippen LogP contribution is -2.24. The van der Waals surface area contributed by atoms with Crippen LogP contribution in [-0.2, 0) is 11.4 Å². The van der Waals surface area contributed by atoms with Crippen LogP contribution in [0.4, 0.5) is 5.69 Å². The summed E-state index contributed by atoms with van der Waals surface area (Å²) < 4.78 is 7.16. The lowest BCUT2D eigenvalue weighted by atomic mass is 10.1. The van der Waals surface area contributed by atoms with Crippen LogP contribution >= 0.6 is 11.8 Å². The second-order valence-corrected chi connectivity index (χ2v) is 8.31. The largest absolute Gasteiger partial charge is 0.486 e. The summed E-state index contributed by atoms with van der Waals surface area (Å²) in [6.07, 6.45) is 0. The van der Waals surface area contributed by atoms with Gasteiger partial charge in [-0.3, -0.25) is 4.79 Å². The van der Waals surface area contributed by atoms with Gasteiger partial charge < -0.3 is 15.9 Å². The first-order valence-corrected chi connectivity index (χ1v) is 10.1. The number of thioether (sulfide) groups is 1. The first kappa shape index (κ1) is 20.7. The van der Waals surface area contributed by atoms with Gasteiger partial charge in [0.1, 0.15) is 12.4 Å². The van der Waals surface area contributed by atoms with Gasteiger partial charge in [0, 0.05) is 5.69 Å².